The number of nitrogens with zero attached hydrogens (tertiary/aromatic N) is 1. The molecule has 0 radical (unpaired) electrons. The molecule has 0 aromatic heterocycles. The van der Waals surface area contributed by atoms with Crippen LogP contribution in [0.1, 0.15) is 36.1 Å². The Bertz CT molecular complexity index is 1540. The van der Waals surface area contributed by atoms with Crippen molar-refractivity contribution in [1.82, 2.24) is 0 Å². The molecule has 1 aliphatic rings. The fourth-order valence-corrected chi connectivity index (χ4v) is 6.11. The number of para-hydroxylation sites is 1. The summed E-state index contributed by atoms with van der Waals surface area (Å²) in [5.74, 6) is -0.662. The van der Waals surface area contributed by atoms with E-state index in [2.05, 4.69) is 0 Å². The minimum Gasteiger partial charge on any atom is -0.507 e. The van der Waals surface area contributed by atoms with Crippen molar-refractivity contribution in [2.45, 2.75) is 25.0 Å². The number of benzene rings is 4. The number of amides is 1. The maximum Gasteiger partial charge on any atom is 0.356 e. The van der Waals surface area contributed by atoms with Gasteiger partial charge in [0.1, 0.15) is 5.75 Å². The molecule has 1 fully saturated rings. The molecule has 4 aromatic carbocycles. The molecule has 1 heterocycles. The van der Waals surface area contributed by atoms with Crippen LogP contribution in [0.2, 0.25) is 5.02 Å². The fourth-order valence-electron chi connectivity index (χ4n) is 5.19. The van der Waals surface area contributed by atoms with Gasteiger partial charge in [-0.15, -0.1) is 0 Å². The molecule has 4 aromatic rings. The van der Waals surface area contributed by atoms with E-state index in [0.717, 1.165) is 5.69 Å². The summed E-state index contributed by atoms with van der Waals surface area (Å²) in [4.78, 5) is 34.6. The van der Waals surface area contributed by atoms with Crippen molar-refractivity contribution in [1.29, 1.82) is 0 Å². The van der Waals surface area contributed by atoms with E-state index in [0.29, 0.717) is 29.0 Å². The molecular weight excluding hydrogens is 537 g/mol. The van der Waals surface area contributed by atoms with Gasteiger partial charge in [-0.3, -0.25) is 9.36 Å². The lowest BCUT2D eigenvalue weighted by atomic mass is 9.78. The van der Waals surface area contributed by atoms with Crippen molar-refractivity contribution >= 4 is 36.1 Å². The highest BCUT2D eigenvalue weighted by Crippen LogP contribution is 2.48. The monoisotopic (exact) mass is 563 g/mol. The van der Waals surface area contributed by atoms with E-state index in [4.69, 9.17) is 11.6 Å². The van der Waals surface area contributed by atoms with Crippen LogP contribution in [-0.4, -0.2) is 25.9 Å². The Morgan fingerprint density at radius 3 is 2.21 bits per heavy atom. The van der Waals surface area contributed by atoms with Gasteiger partial charge >= 0.3 is 7.60 Å². The van der Waals surface area contributed by atoms with Gasteiger partial charge in [-0.25, -0.2) is 0 Å². The predicted molar refractivity (Wildman–Crippen MR) is 151 cm³/mol. The summed E-state index contributed by atoms with van der Waals surface area (Å²) in [6, 6.07) is 26.8. The zero-order chi connectivity index (χ0) is 27.7. The van der Waals surface area contributed by atoms with Gasteiger partial charge in [0.05, 0.1) is 23.4 Å². The molecule has 1 aliphatic heterocycles. The highest BCUT2D eigenvalue weighted by atomic mass is 35.5. The predicted octanol–water partition coefficient (Wildman–Crippen LogP) is 5.73. The first-order chi connectivity index (χ1) is 18.6. The van der Waals surface area contributed by atoms with Crippen LogP contribution >= 0.6 is 19.2 Å². The summed E-state index contributed by atoms with van der Waals surface area (Å²) >= 11 is 5.96. The maximum atomic E-state index is 13.3. The van der Waals surface area contributed by atoms with Gasteiger partial charge in [0.2, 0.25) is 5.91 Å². The van der Waals surface area contributed by atoms with Gasteiger partial charge in [-0.1, -0.05) is 72.3 Å². The third-order valence-corrected chi connectivity index (χ3v) is 8.40. The van der Waals surface area contributed by atoms with E-state index in [1.807, 2.05) is 30.3 Å². The van der Waals surface area contributed by atoms with E-state index < -0.39 is 25.7 Å². The molecule has 7 nitrogen and oxygen atoms in total. The van der Waals surface area contributed by atoms with Crippen molar-refractivity contribution in [2.75, 3.05) is 4.90 Å². The Labute approximate surface area is 231 Å². The van der Waals surface area contributed by atoms with Crippen molar-refractivity contribution in [3.8, 4) is 16.9 Å². The van der Waals surface area contributed by atoms with Gasteiger partial charge in [0.25, 0.3) is 0 Å². The topological polar surface area (TPSA) is 118 Å². The van der Waals surface area contributed by atoms with E-state index in [9.17, 15) is 29.4 Å². The smallest absolute Gasteiger partial charge is 0.356 e. The van der Waals surface area contributed by atoms with E-state index >= 15 is 0 Å². The lowest BCUT2D eigenvalue weighted by Crippen LogP contribution is -2.55. The van der Waals surface area contributed by atoms with Crippen molar-refractivity contribution in [3.63, 3.8) is 0 Å². The molecule has 0 aliphatic carbocycles. The molecule has 0 bridgehead atoms. The summed E-state index contributed by atoms with van der Waals surface area (Å²) in [6.45, 7) is 0. The molecule has 5 rings (SSSR count). The van der Waals surface area contributed by atoms with Crippen LogP contribution < -0.4 is 10.2 Å². The highest BCUT2D eigenvalue weighted by Gasteiger charge is 2.48. The van der Waals surface area contributed by atoms with Gasteiger partial charge < -0.3 is 24.9 Å². The van der Waals surface area contributed by atoms with E-state index in [1.165, 1.54) is 12.1 Å². The van der Waals surface area contributed by atoms with Crippen LogP contribution in [0.15, 0.2) is 97.1 Å². The van der Waals surface area contributed by atoms with Crippen LogP contribution in [0.25, 0.3) is 11.1 Å². The van der Waals surface area contributed by atoms with Crippen LogP contribution in [0.5, 0.6) is 5.75 Å². The second-order valence-corrected chi connectivity index (χ2v) is 11.6. The molecule has 1 amide bonds. The molecule has 0 spiro atoms. The number of aliphatic hydroxyl groups excluding tert-OH is 1. The summed E-state index contributed by atoms with van der Waals surface area (Å²) in [5, 5.41) is 22.1. The first-order valence-corrected chi connectivity index (χ1v) is 14.4. The Balaban J connectivity index is 1.46. The Kier molecular flexibility index (Phi) is 7.63. The average Bonchev–Trinajstić information content (AvgIpc) is 2.92. The molecule has 9 heteroatoms. The Hall–Kier alpha value is -3.45. The molecule has 200 valence electrons. The second-order valence-electron chi connectivity index (χ2n) is 9.58. The fraction of sp³-hybridized carbons (Fsp3) is 0.167. The number of carbonyl (C=O) groups is 1. The molecule has 1 saturated heterocycles. The standard InChI is InChI=1S/C30H27ClNO6P/c31-21-13-10-19(11-14-21)26(33)17-16-25-29(32(30(25)35)22-6-2-1-3-7-22)20-12-15-23(27(34)18-20)24-8-4-5-9-28(24)39(36,37)38/h1-15,18,25-26,29,33-34H,16-17H2,(H2,36,37,38). The molecule has 3 atom stereocenters. The van der Waals surface area contributed by atoms with E-state index in [1.54, 1.807) is 59.5 Å². The van der Waals surface area contributed by atoms with Crippen LogP contribution in [0.3, 0.4) is 0 Å². The van der Waals surface area contributed by atoms with Gasteiger partial charge in [0.15, 0.2) is 0 Å². The van der Waals surface area contributed by atoms with Gasteiger partial charge in [-0.05, 0) is 60.4 Å². The number of hydrogen-bond donors (Lipinski definition) is 4. The second kappa shape index (κ2) is 11.0. The van der Waals surface area contributed by atoms with Crippen LogP contribution in [0, 0.1) is 5.92 Å². The van der Waals surface area contributed by atoms with E-state index in [-0.39, 0.29) is 28.1 Å². The summed E-state index contributed by atoms with van der Waals surface area (Å²) in [7, 11) is -4.58. The number of aliphatic hydroxyl groups is 1. The van der Waals surface area contributed by atoms with Crippen LogP contribution in [0.4, 0.5) is 5.69 Å². The van der Waals surface area contributed by atoms with Crippen LogP contribution in [-0.2, 0) is 9.36 Å². The number of anilines is 1. The summed E-state index contributed by atoms with van der Waals surface area (Å²) < 4.78 is 12.0. The normalized spacial score (nSPS) is 18.1. The van der Waals surface area contributed by atoms with Crippen molar-refractivity contribution < 1.29 is 29.4 Å². The zero-order valence-corrected chi connectivity index (χ0v) is 22.4. The number of β-lactam (4-membered cyclic amide) rings is 1. The first-order valence-electron chi connectivity index (χ1n) is 12.4. The number of aromatic hydroxyl groups is 1. The lowest BCUT2D eigenvalue weighted by molar-refractivity contribution is -0.131. The Morgan fingerprint density at radius 1 is 0.872 bits per heavy atom. The largest absolute Gasteiger partial charge is 0.507 e. The van der Waals surface area contributed by atoms with Crippen molar-refractivity contribution in [3.05, 3.63) is 113 Å². The quantitative estimate of drug-likeness (QED) is 0.160. The number of hydrogen-bond acceptors (Lipinski definition) is 4. The molecule has 39 heavy (non-hydrogen) atoms. The van der Waals surface area contributed by atoms with Crippen molar-refractivity contribution in [2.24, 2.45) is 5.92 Å². The minimum atomic E-state index is -4.58. The molecular formula is C30H27ClNO6P. The summed E-state index contributed by atoms with van der Waals surface area (Å²) in [6.07, 6.45) is 0.0123. The summed E-state index contributed by atoms with van der Waals surface area (Å²) in [5.41, 5.74) is 2.64. The van der Waals surface area contributed by atoms with Gasteiger partial charge in [0, 0.05) is 21.8 Å². The molecule has 4 N–H and O–H groups in total. The minimum absolute atomic E-state index is 0.0788. The number of phenolic OH excluding ortho intramolecular Hbond substituents is 1. The Morgan fingerprint density at radius 2 is 1.54 bits per heavy atom. The highest BCUT2D eigenvalue weighted by molar-refractivity contribution is 7.60. The molecule has 3 unspecified atom stereocenters. The SMILES string of the molecule is O=C1C(CCC(O)c2ccc(Cl)cc2)C(c2ccc(-c3ccccc3P(=O)(O)O)c(O)c2)N1c1ccccc1. The third kappa shape index (κ3) is 5.50. The number of phenols is 1. The number of rotatable bonds is 8. The molecule has 0 saturated carbocycles. The lowest BCUT2D eigenvalue weighted by Gasteiger charge is -2.48. The number of halogens is 1. The third-order valence-electron chi connectivity index (χ3n) is 7.13. The maximum absolute atomic E-state index is 13.3. The number of carbonyl (C=O) groups excluding carboxylic acids is 1. The zero-order valence-electron chi connectivity index (χ0n) is 20.8. The average molecular weight is 564 g/mol. The first kappa shape index (κ1) is 27.1. The van der Waals surface area contributed by atoms with Gasteiger partial charge in [-0.2, -0.15) is 0 Å².